The van der Waals surface area contributed by atoms with Crippen LogP contribution in [-0.2, 0) is 60.7 Å². The highest BCUT2D eigenvalue weighted by Gasteiger charge is 2.48. The van der Waals surface area contributed by atoms with Crippen molar-refractivity contribution in [1.82, 2.24) is 45.4 Å². The Morgan fingerprint density at radius 2 is 1.26 bits per heavy atom. The van der Waals surface area contributed by atoms with E-state index in [2.05, 4.69) is 20.9 Å². The molecule has 4 heterocycles. The van der Waals surface area contributed by atoms with Crippen molar-refractivity contribution in [2.45, 2.75) is 188 Å². The Hall–Kier alpha value is -7.26. The highest BCUT2D eigenvalue weighted by molar-refractivity contribution is 5.99. The summed E-state index contributed by atoms with van der Waals surface area (Å²) in [5, 5.41) is 21.2. The number of pyridine rings is 1. The number of piperazine rings is 1. The lowest BCUT2D eigenvalue weighted by Gasteiger charge is -2.39. The molecule has 3 aliphatic heterocycles. The second kappa shape index (κ2) is 32.3. The Morgan fingerprint density at radius 3 is 1.85 bits per heavy atom. The number of nitrogens with zero attached hydrogens (tertiary/aromatic N) is 7. The van der Waals surface area contributed by atoms with Gasteiger partial charge in [0.05, 0.1) is 11.6 Å². The van der Waals surface area contributed by atoms with E-state index >= 15 is 28.8 Å². The molecule has 2 aromatic carbocycles. The highest BCUT2D eigenvalue weighted by atomic mass is 16.6. The molecule has 21 nitrogen and oxygen atoms in total. The molecule has 3 fully saturated rings. The number of esters is 1. The zero-order chi connectivity index (χ0) is 67.3. The lowest BCUT2D eigenvalue weighted by molar-refractivity contribution is -0.178. The van der Waals surface area contributed by atoms with Gasteiger partial charge in [0.1, 0.15) is 36.0 Å². The fourth-order valence-corrected chi connectivity index (χ4v) is 13.3. The van der Waals surface area contributed by atoms with Crippen molar-refractivity contribution in [2.24, 2.45) is 35.5 Å². The van der Waals surface area contributed by atoms with Gasteiger partial charge in [0.15, 0.2) is 17.9 Å². The van der Waals surface area contributed by atoms with Gasteiger partial charge in [-0.1, -0.05) is 130 Å². The number of aliphatic hydroxyl groups is 1. The molecule has 0 spiro atoms. The summed E-state index contributed by atoms with van der Waals surface area (Å²) in [5.74, 6) is -8.39. The number of hydrogen-bond donors (Lipinski definition) is 4. The minimum absolute atomic E-state index is 0.0171. The van der Waals surface area contributed by atoms with Gasteiger partial charge in [0.25, 0.3) is 5.91 Å². The summed E-state index contributed by atoms with van der Waals surface area (Å²) in [7, 11) is 5.79. The van der Waals surface area contributed by atoms with Gasteiger partial charge in [0.2, 0.25) is 35.4 Å². The Kier molecular flexibility index (Phi) is 25.9. The van der Waals surface area contributed by atoms with Gasteiger partial charge in [-0.05, 0) is 92.0 Å². The number of amides is 7. The van der Waals surface area contributed by atoms with Gasteiger partial charge in [-0.3, -0.25) is 38.4 Å². The molecule has 7 amide bonds. The Morgan fingerprint density at radius 1 is 0.637 bits per heavy atom. The predicted molar refractivity (Wildman–Crippen MR) is 351 cm³/mol. The molecule has 0 saturated carbocycles. The van der Waals surface area contributed by atoms with Crippen molar-refractivity contribution in [1.29, 1.82) is 0 Å². The van der Waals surface area contributed by atoms with Crippen LogP contribution in [0, 0.1) is 35.5 Å². The van der Waals surface area contributed by atoms with Crippen LogP contribution in [0.1, 0.15) is 133 Å². The topological polar surface area (TPSA) is 252 Å². The van der Waals surface area contributed by atoms with Crippen LogP contribution in [0.25, 0.3) is 11.1 Å². The molecular formula is C70H104N10O11. The van der Waals surface area contributed by atoms with Gasteiger partial charge in [0, 0.05) is 104 Å². The number of ketones is 1. The summed E-state index contributed by atoms with van der Waals surface area (Å²) < 4.78 is 6.17. The molecule has 11 atom stereocenters. The molecule has 0 unspecified atom stereocenters. The quantitative estimate of drug-likeness (QED) is 0.129. The lowest BCUT2D eigenvalue weighted by atomic mass is 9.85. The highest BCUT2D eigenvalue weighted by Crippen LogP contribution is 2.31. The first-order valence-electron chi connectivity index (χ1n) is 32.9. The normalized spacial score (nSPS) is 25.7. The van der Waals surface area contributed by atoms with E-state index in [1.165, 1.54) is 61.6 Å². The largest absolute Gasteiger partial charge is 0.450 e. The van der Waals surface area contributed by atoms with Crippen LogP contribution < -0.4 is 20.9 Å². The zero-order valence-electron chi connectivity index (χ0n) is 56.9. The molecule has 0 bridgehead atoms. The molecule has 6 rings (SSSR count). The average Bonchev–Trinajstić information content (AvgIpc) is 1.85. The number of fused-ring (bicyclic) bond motifs is 1. The number of nitrogens with one attached hydrogen (secondary N) is 3. The van der Waals surface area contributed by atoms with Crippen LogP contribution in [0.4, 0.5) is 5.82 Å². The fourth-order valence-electron chi connectivity index (χ4n) is 13.3. The molecule has 3 aromatic rings. The minimum atomic E-state index is -1.96. The number of carbonyl (C=O) groups excluding carboxylic acids is 9. The number of cyclic esters (lactones) is 1. The van der Waals surface area contributed by atoms with Crippen LogP contribution >= 0.6 is 0 Å². The number of aromatic nitrogens is 1. The molecule has 21 heteroatoms. The first kappa shape index (κ1) is 72.8. The van der Waals surface area contributed by atoms with E-state index in [0.29, 0.717) is 30.4 Å². The average molecular weight is 1260 g/mol. The number of Topliss-reactive ketones (excluding diaryl/α,β-unsaturated/α-hetero) is 1. The monoisotopic (exact) mass is 1260 g/mol. The summed E-state index contributed by atoms with van der Waals surface area (Å²) in [6.45, 7) is 24.3. The van der Waals surface area contributed by atoms with Crippen molar-refractivity contribution in [3.63, 3.8) is 0 Å². The van der Waals surface area contributed by atoms with Crippen molar-refractivity contribution < 1.29 is 53.0 Å². The maximum absolute atomic E-state index is 15.8. The first-order valence-corrected chi connectivity index (χ1v) is 32.9. The van der Waals surface area contributed by atoms with E-state index in [1.54, 1.807) is 41.5 Å². The third kappa shape index (κ3) is 18.1. The van der Waals surface area contributed by atoms with Crippen LogP contribution in [0.5, 0.6) is 0 Å². The SMILES string of the molecule is CC[C@H](C)[C@@H]1NC(=O)[C@@H]2CCCN2C(=O)[C@H](Cc2cccc(-c3ccc(N4CCNCC4)nc3)c2)N(C)C(=O)[C@H](Cc2ccccc2)NC(=O)[C@H](C(C)C)N(C)C(=O)[C@@H]([C@@H](C)CC)OC(=O)[C@H](C(C)(C)O)N(C)C(=O)[C@H](CC(C)C)CC(=O)[C@H](C(C)C)N(C)C1=O. The molecule has 0 aliphatic carbocycles. The van der Waals surface area contributed by atoms with Crippen LogP contribution in [0.15, 0.2) is 72.9 Å². The van der Waals surface area contributed by atoms with Gasteiger partial charge in [-0.2, -0.15) is 0 Å². The minimum Gasteiger partial charge on any atom is -0.450 e. The Labute approximate surface area is 540 Å². The van der Waals surface area contributed by atoms with Crippen LogP contribution in [0.3, 0.4) is 0 Å². The summed E-state index contributed by atoms with van der Waals surface area (Å²) >= 11 is 0. The van der Waals surface area contributed by atoms with E-state index in [1.807, 2.05) is 101 Å². The van der Waals surface area contributed by atoms with E-state index < -0.39 is 137 Å². The second-order valence-electron chi connectivity index (χ2n) is 27.3. The van der Waals surface area contributed by atoms with Crippen molar-refractivity contribution in [3.8, 4) is 11.1 Å². The smallest absolute Gasteiger partial charge is 0.332 e. The number of carbonyl (C=O) groups is 9. The van der Waals surface area contributed by atoms with E-state index in [9.17, 15) is 19.5 Å². The molecule has 3 saturated heterocycles. The van der Waals surface area contributed by atoms with Gasteiger partial charge >= 0.3 is 5.97 Å². The maximum Gasteiger partial charge on any atom is 0.332 e. The number of anilines is 1. The standard InChI is InChI=1S/C70H104N10O11/c1-17-45(9)57-67(87)76(14)58(43(5)6)55(81)40-51(36-42(3)4)64(84)78(16)61(70(11,12)90)69(89)91-60(46(10)18-2)68(88)77(15)59(44(7)8)63(83)73-52(38-47-24-20-19-21-25-47)65(85)75(13)54(66(86)80-33-23-28-53(80)62(82)74-57)39-48-26-22-27-49(37-48)50-29-30-56(72-41-50)79-34-31-71-32-35-79/h19-22,24-27,29-30,37,41-46,51-54,57-61,71,90H,17-18,23,28,31-36,38-40H2,1-16H3,(H,73,83)(H,74,82)/t45-,46-,51+,52-,53-,54-,57-,58-,59-,60+,61+/m0/s1. The Bertz CT molecular complexity index is 3000. The molecule has 1 aromatic heterocycles. The van der Waals surface area contributed by atoms with E-state index in [0.717, 1.165) is 48.0 Å². The number of ether oxygens (including phenoxy) is 1. The number of hydrogen-bond acceptors (Lipinski definition) is 14. The summed E-state index contributed by atoms with van der Waals surface area (Å²) in [5.41, 5.74) is 1.07. The maximum atomic E-state index is 15.8. The van der Waals surface area contributed by atoms with Gasteiger partial charge < -0.3 is 55.2 Å². The number of likely N-dealkylation sites (N-methyl/N-ethyl adjacent to an activating group) is 4. The van der Waals surface area contributed by atoms with Crippen molar-refractivity contribution in [2.75, 3.05) is 65.8 Å². The molecule has 3 aliphatic rings. The summed E-state index contributed by atoms with van der Waals surface area (Å²) in [4.78, 5) is 150. The van der Waals surface area contributed by atoms with E-state index in [-0.39, 0.29) is 44.6 Å². The third-order valence-electron chi connectivity index (χ3n) is 18.7. The zero-order valence-corrected chi connectivity index (χ0v) is 56.9. The number of benzene rings is 2. The van der Waals surface area contributed by atoms with Crippen molar-refractivity contribution in [3.05, 3.63) is 84.1 Å². The second-order valence-corrected chi connectivity index (χ2v) is 27.3. The molecule has 0 radical (unpaired) electrons. The lowest BCUT2D eigenvalue weighted by Crippen LogP contribution is -2.61. The summed E-state index contributed by atoms with van der Waals surface area (Å²) in [6.07, 6.45) is 1.55. The van der Waals surface area contributed by atoms with E-state index in [4.69, 9.17) is 9.72 Å². The predicted octanol–water partition coefficient (Wildman–Crippen LogP) is 5.93. The summed E-state index contributed by atoms with van der Waals surface area (Å²) in [6, 6.07) is 11.9. The molecule has 91 heavy (non-hydrogen) atoms. The molecule has 500 valence electrons. The molecular weight excluding hydrogens is 1160 g/mol. The van der Waals surface area contributed by atoms with Crippen LogP contribution in [-0.4, -0.2) is 203 Å². The first-order chi connectivity index (χ1) is 42.9. The van der Waals surface area contributed by atoms with Crippen LogP contribution in [0.2, 0.25) is 0 Å². The third-order valence-corrected chi connectivity index (χ3v) is 18.7. The fraction of sp³-hybridized carbons (Fsp3) is 0.629. The molecule has 4 N–H and O–H groups in total. The Balaban J connectivity index is 1.51. The van der Waals surface area contributed by atoms with Crippen molar-refractivity contribution >= 4 is 58.9 Å². The van der Waals surface area contributed by atoms with Gasteiger partial charge in [-0.15, -0.1) is 0 Å². The van der Waals surface area contributed by atoms with Gasteiger partial charge in [-0.25, -0.2) is 9.78 Å². The number of rotatable bonds is 15.